The van der Waals surface area contributed by atoms with Gasteiger partial charge in [-0.2, -0.15) is 0 Å². The van der Waals surface area contributed by atoms with E-state index in [-0.39, 0.29) is 0 Å². The van der Waals surface area contributed by atoms with Gasteiger partial charge >= 0.3 is 0 Å². The highest BCUT2D eigenvalue weighted by molar-refractivity contribution is 5.79. The number of hydrogen-bond donors (Lipinski definition) is 0. The van der Waals surface area contributed by atoms with Crippen LogP contribution >= 0.6 is 0 Å². The molecule has 0 bridgehead atoms. The van der Waals surface area contributed by atoms with Crippen LogP contribution in [0, 0.1) is 0 Å². The fraction of sp³-hybridized carbons (Fsp3) is 0.700. The molecule has 0 N–H and O–H groups in total. The van der Waals surface area contributed by atoms with Crippen molar-refractivity contribution in [2.24, 2.45) is 4.99 Å². The maximum atomic E-state index is 5.68. The minimum Gasteiger partial charge on any atom is -0.475 e. The van der Waals surface area contributed by atoms with Crippen LogP contribution in [-0.2, 0) is 4.74 Å². The quantitative estimate of drug-likeness (QED) is 0.575. The van der Waals surface area contributed by atoms with Gasteiger partial charge in [0.2, 0.25) is 0 Å². The van der Waals surface area contributed by atoms with Gasteiger partial charge in [-0.25, -0.2) is 4.99 Å². The molecule has 1 fully saturated rings. The lowest BCUT2D eigenvalue weighted by atomic mass is 9.94. The molecule has 1 aliphatic heterocycles. The molecule has 0 aromatic carbocycles. The van der Waals surface area contributed by atoms with E-state index in [0.29, 0.717) is 12.1 Å². The average molecular weight is 165 g/mol. The van der Waals surface area contributed by atoms with Crippen molar-refractivity contribution in [3.05, 3.63) is 12.7 Å². The predicted octanol–water partition coefficient (Wildman–Crippen LogP) is 2.30. The van der Waals surface area contributed by atoms with Crippen molar-refractivity contribution in [2.75, 3.05) is 0 Å². The van der Waals surface area contributed by atoms with Gasteiger partial charge in [0, 0.05) is 6.42 Å². The molecule has 0 amide bonds. The Labute approximate surface area is 73.3 Å². The second-order valence-electron chi connectivity index (χ2n) is 3.52. The first-order chi connectivity index (χ1) is 5.90. The minimum atomic E-state index is 0.397. The molecule has 2 nitrogen and oxygen atoms in total. The fourth-order valence-corrected chi connectivity index (χ4v) is 1.98. The Morgan fingerprint density at radius 3 is 3.08 bits per heavy atom. The molecule has 0 aromatic rings. The maximum Gasteiger partial charge on any atom is 0.187 e. The normalized spacial score (nSPS) is 33.5. The molecule has 12 heavy (non-hydrogen) atoms. The Balaban J connectivity index is 1.99. The van der Waals surface area contributed by atoms with Gasteiger partial charge in [-0.05, 0) is 19.3 Å². The van der Waals surface area contributed by atoms with E-state index in [1.165, 1.54) is 25.7 Å². The van der Waals surface area contributed by atoms with Crippen LogP contribution < -0.4 is 0 Å². The standard InChI is InChI=1S/C10H15NO/c1-2-5-10-11-8-6-3-4-7-9(8)12-10/h2,8-9H,1,3-7H2. The summed E-state index contributed by atoms with van der Waals surface area (Å²) in [5.41, 5.74) is 0. The molecule has 2 heteroatoms. The summed E-state index contributed by atoms with van der Waals surface area (Å²) in [5.74, 6) is 0.905. The molecule has 1 aliphatic carbocycles. The Bertz CT molecular complexity index is 210. The summed E-state index contributed by atoms with van der Waals surface area (Å²) in [4.78, 5) is 4.52. The van der Waals surface area contributed by atoms with Gasteiger partial charge in [-0.3, -0.25) is 0 Å². The molecule has 0 radical (unpaired) electrons. The van der Waals surface area contributed by atoms with Gasteiger partial charge in [-0.15, -0.1) is 6.58 Å². The highest BCUT2D eigenvalue weighted by Crippen LogP contribution is 2.28. The summed E-state index contributed by atoms with van der Waals surface area (Å²) >= 11 is 0. The van der Waals surface area contributed by atoms with Crippen molar-refractivity contribution >= 4 is 5.90 Å². The molecule has 0 spiro atoms. The molecule has 1 heterocycles. The maximum absolute atomic E-state index is 5.68. The first kappa shape index (κ1) is 7.84. The van der Waals surface area contributed by atoms with Gasteiger partial charge in [-0.1, -0.05) is 12.5 Å². The third-order valence-corrected chi connectivity index (χ3v) is 2.58. The van der Waals surface area contributed by atoms with Crippen LogP contribution in [0.5, 0.6) is 0 Å². The first-order valence-corrected chi connectivity index (χ1v) is 4.74. The van der Waals surface area contributed by atoms with E-state index in [1.54, 1.807) is 0 Å². The van der Waals surface area contributed by atoms with Crippen molar-refractivity contribution in [1.29, 1.82) is 0 Å². The molecule has 1 saturated carbocycles. The summed E-state index contributed by atoms with van der Waals surface area (Å²) in [5, 5.41) is 0. The summed E-state index contributed by atoms with van der Waals surface area (Å²) in [6.45, 7) is 3.68. The monoisotopic (exact) mass is 165 g/mol. The average Bonchev–Trinajstić information content (AvgIpc) is 2.47. The molecular formula is C10H15NO. The minimum absolute atomic E-state index is 0.397. The zero-order chi connectivity index (χ0) is 8.39. The smallest absolute Gasteiger partial charge is 0.187 e. The number of aliphatic imine (C=N–C) groups is 1. The fourth-order valence-electron chi connectivity index (χ4n) is 1.98. The summed E-state index contributed by atoms with van der Waals surface area (Å²) in [6, 6.07) is 0.466. The number of rotatable bonds is 2. The second-order valence-corrected chi connectivity index (χ2v) is 3.52. The molecule has 2 atom stereocenters. The van der Waals surface area contributed by atoms with E-state index in [1.807, 2.05) is 6.08 Å². The number of ether oxygens (including phenoxy) is 1. The third kappa shape index (κ3) is 1.38. The van der Waals surface area contributed by atoms with Gasteiger partial charge < -0.3 is 4.74 Å². The van der Waals surface area contributed by atoms with Gasteiger partial charge in [0.05, 0.1) is 6.04 Å². The Morgan fingerprint density at radius 2 is 2.33 bits per heavy atom. The zero-order valence-electron chi connectivity index (χ0n) is 7.33. The van der Waals surface area contributed by atoms with Crippen molar-refractivity contribution in [3.8, 4) is 0 Å². The van der Waals surface area contributed by atoms with E-state index in [4.69, 9.17) is 4.74 Å². The summed E-state index contributed by atoms with van der Waals surface area (Å²) < 4.78 is 5.68. The van der Waals surface area contributed by atoms with Crippen LogP contribution in [-0.4, -0.2) is 18.0 Å². The van der Waals surface area contributed by atoms with Gasteiger partial charge in [0.15, 0.2) is 5.90 Å². The second kappa shape index (κ2) is 3.30. The van der Waals surface area contributed by atoms with Crippen molar-refractivity contribution < 1.29 is 4.74 Å². The number of nitrogens with zero attached hydrogens (tertiary/aromatic N) is 1. The topological polar surface area (TPSA) is 21.6 Å². The molecule has 0 saturated heterocycles. The molecular weight excluding hydrogens is 150 g/mol. The Morgan fingerprint density at radius 1 is 1.50 bits per heavy atom. The molecule has 66 valence electrons. The number of hydrogen-bond acceptors (Lipinski definition) is 2. The summed E-state index contributed by atoms with van der Waals surface area (Å²) in [6.07, 6.45) is 8.07. The van der Waals surface area contributed by atoms with Crippen LogP contribution in [0.15, 0.2) is 17.6 Å². The van der Waals surface area contributed by atoms with E-state index in [0.717, 1.165) is 12.3 Å². The predicted molar refractivity (Wildman–Crippen MR) is 49.4 cm³/mol. The molecule has 0 aromatic heterocycles. The molecule has 2 rings (SSSR count). The van der Waals surface area contributed by atoms with Gasteiger partial charge in [0.1, 0.15) is 6.10 Å². The SMILES string of the molecule is C=CCC1=NC2CCCCC2O1. The van der Waals surface area contributed by atoms with Crippen molar-refractivity contribution in [3.63, 3.8) is 0 Å². The summed E-state index contributed by atoms with van der Waals surface area (Å²) in [7, 11) is 0. The van der Waals surface area contributed by atoms with E-state index in [9.17, 15) is 0 Å². The van der Waals surface area contributed by atoms with Crippen molar-refractivity contribution in [2.45, 2.75) is 44.2 Å². The third-order valence-electron chi connectivity index (χ3n) is 2.58. The van der Waals surface area contributed by atoms with E-state index >= 15 is 0 Å². The number of fused-ring (bicyclic) bond motifs is 1. The van der Waals surface area contributed by atoms with Crippen molar-refractivity contribution in [1.82, 2.24) is 0 Å². The van der Waals surface area contributed by atoms with Crippen LogP contribution in [0.1, 0.15) is 32.1 Å². The lowest BCUT2D eigenvalue weighted by Crippen LogP contribution is -2.25. The van der Waals surface area contributed by atoms with Gasteiger partial charge in [0.25, 0.3) is 0 Å². The lowest BCUT2D eigenvalue weighted by molar-refractivity contribution is 0.150. The zero-order valence-corrected chi connectivity index (χ0v) is 7.33. The molecule has 2 aliphatic rings. The molecule has 2 unspecified atom stereocenters. The van der Waals surface area contributed by atoms with Crippen LogP contribution in [0.3, 0.4) is 0 Å². The van der Waals surface area contributed by atoms with E-state index < -0.39 is 0 Å². The highest BCUT2D eigenvalue weighted by atomic mass is 16.5. The highest BCUT2D eigenvalue weighted by Gasteiger charge is 2.32. The Hall–Kier alpha value is -0.790. The largest absolute Gasteiger partial charge is 0.475 e. The lowest BCUT2D eigenvalue weighted by Gasteiger charge is -2.21. The first-order valence-electron chi connectivity index (χ1n) is 4.74. The van der Waals surface area contributed by atoms with Crippen LogP contribution in [0.4, 0.5) is 0 Å². The van der Waals surface area contributed by atoms with Crippen LogP contribution in [0.25, 0.3) is 0 Å². The Kier molecular flexibility index (Phi) is 2.15. The van der Waals surface area contributed by atoms with Crippen LogP contribution in [0.2, 0.25) is 0 Å². The van der Waals surface area contributed by atoms with E-state index in [2.05, 4.69) is 11.6 Å².